The van der Waals surface area contributed by atoms with Gasteiger partial charge in [0.2, 0.25) is 0 Å². The second-order valence-corrected chi connectivity index (χ2v) is 8.32. The fourth-order valence-corrected chi connectivity index (χ4v) is 4.19. The quantitative estimate of drug-likeness (QED) is 0.252. The van der Waals surface area contributed by atoms with Gasteiger partial charge in [0.1, 0.15) is 4.86 Å². The molecule has 0 aliphatic heterocycles. The summed E-state index contributed by atoms with van der Waals surface area (Å²) in [4.78, 5) is 17.7. The number of halogens is 1. The number of nitrogens with one attached hydrogen (secondary N) is 1. The van der Waals surface area contributed by atoms with Gasteiger partial charge in [-0.25, -0.2) is 0 Å². The molecule has 0 aliphatic carbocycles. The summed E-state index contributed by atoms with van der Waals surface area (Å²) in [5.74, 6) is -0.326. The van der Waals surface area contributed by atoms with Crippen LogP contribution in [0.25, 0.3) is 21.8 Å². The van der Waals surface area contributed by atoms with Gasteiger partial charge in [-0.3, -0.25) is 9.78 Å². The van der Waals surface area contributed by atoms with E-state index in [1.807, 2.05) is 85.1 Å². The average Bonchev–Trinajstić information content (AvgIpc) is 3.18. The molecule has 2 aromatic heterocycles. The topological polar surface area (TPSA) is 46.9 Å². The van der Waals surface area contributed by atoms with Crippen molar-refractivity contribution in [2.45, 2.75) is 6.54 Å². The number of anilines is 1. The van der Waals surface area contributed by atoms with Crippen molar-refractivity contribution < 1.29 is 4.79 Å². The molecule has 32 heavy (non-hydrogen) atoms. The zero-order chi connectivity index (χ0) is 22.1. The highest BCUT2D eigenvalue weighted by molar-refractivity contribution is 7.82. The zero-order valence-electron chi connectivity index (χ0n) is 17.0. The first kappa shape index (κ1) is 20.4. The fraction of sp³-hybridized carbons (Fsp3) is 0.0385. The highest BCUT2D eigenvalue weighted by Gasteiger charge is 2.19. The van der Waals surface area contributed by atoms with Gasteiger partial charge < -0.3 is 9.88 Å². The Kier molecular flexibility index (Phi) is 5.43. The Hall–Kier alpha value is -3.54. The first-order valence-electron chi connectivity index (χ1n) is 10.1. The van der Waals surface area contributed by atoms with Gasteiger partial charge in [0.25, 0.3) is 5.91 Å². The molecule has 4 nitrogen and oxygen atoms in total. The van der Waals surface area contributed by atoms with E-state index >= 15 is 0 Å². The van der Waals surface area contributed by atoms with E-state index in [4.69, 9.17) is 23.8 Å². The minimum Gasteiger partial charge on any atom is -0.342 e. The minimum absolute atomic E-state index is 0.240. The van der Waals surface area contributed by atoms with E-state index in [-0.39, 0.29) is 10.8 Å². The predicted molar refractivity (Wildman–Crippen MR) is 135 cm³/mol. The number of benzene rings is 3. The number of pyridine rings is 1. The SMILES string of the molecule is O=C(Nc1cccc2cccnc12)C(=S)c1cn(Cc2ccc(Cl)cc2)c2ccccc12. The second kappa shape index (κ2) is 8.54. The lowest BCUT2D eigenvalue weighted by Crippen LogP contribution is -2.22. The molecule has 0 unspecified atom stereocenters. The first-order valence-corrected chi connectivity index (χ1v) is 10.9. The van der Waals surface area contributed by atoms with Crippen molar-refractivity contribution >= 4 is 62.1 Å². The van der Waals surface area contributed by atoms with Crippen LogP contribution in [0.15, 0.2) is 91.3 Å². The van der Waals surface area contributed by atoms with Crippen molar-refractivity contribution in [2.24, 2.45) is 0 Å². The first-order chi connectivity index (χ1) is 15.6. The van der Waals surface area contributed by atoms with Crippen molar-refractivity contribution in [2.75, 3.05) is 5.32 Å². The number of carbonyl (C=O) groups excluding carboxylic acids is 1. The van der Waals surface area contributed by atoms with Crippen molar-refractivity contribution in [3.63, 3.8) is 0 Å². The maximum absolute atomic E-state index is 13.1. The van der Waals surface area contributed by atoms with Crippen molar-refractivity contribution in [1.29, 1.82) is 0 Å². The van der Waals surface area contributed by atoms with Crippen LogP contribution in [0.3, 0.4) is 0 Å². The van der Waals surface area contributed by atoms with Crippen LogP contribution < -0.4 is 5.32 Å². The summed E-state index contributed by atoms with van der Waals surface area (Å²) >= 11 is 11.6. The van der Waals surface area contributed by atoms with Gasteiger partial charge in [-0.15, -0.1) is 0 Å². The van der Waals surface area contributed by atoms with Gasteiger partial charge >= 0.3 is 0 Å². The van der Waals surface area contributed by atoms with E-state index in [0.717, 1.165) is 32.9 Å². The highest BCUT2D eigenvalue weighted by atomic mass is 35.5. The van der Waals surface area contributed by atoms with Gasteiger partial charge in [0.15, 0.2) is 0 Å². The molecule has 0 radical (unpaired) electrons. The summed E-state index contributed by atoms with van der Waals surface area (Å²) in [6.45, 7) is 0.648. The number of aromatic nitrogens is 2. The number of thiocarbonyl (C=S) groups is 1. The molecule has 2 heterocycles. The molecular formula is C26H18ClN3OS. The van der Waals surface area contributed by atoms with Crippen molar-refractivity contribution in [3.8, 4) is 0 Å². The maximum Gasteiger partial charge on any atom is 0.267 e. The van der Waals surface area contributed by atoms with E-state index in [2.05, 4.69) is 14.9 Å². The maximum atomic E-state index is 13.1. The van der Waals surface area contributed by atoms with Gasteiger partial charge in [0.05, 0.1) is 11.2 Å². The third-order valence-corrected chi connectivity index (χ3v) is 6.04. The molecule has 156 valence electrons. The van der Waals surface area contributed by atoms with Gasteiger partial charge in [-0.05, 0) is 35.9 Å². The minimum atomic E-state index is -0.326. The lowest BCUT2D eigenvalue weighted by molar-refractivity contribution is -0.110. The summed E-state index contributed by atoms with van der Waals surface area (Å²) in [7, 11) is 0. The predicted octanol–water partition coefficient (Wildman–Crippen LogP) is 6.25. The Morgan fingerprint density at radius 1 is 0.969 bits per heavy atom. The lowest BCUT2D eigenvalue weighted by atomic mass is 10.1. The van der Waals surface area contributed by atoms with E-state index < -0.39 is 0 Å². The standard InChI is InChI=1S/C26H18ClN3OS/c27-19-12-10-17(11-13-19)15-30-16-21(20-7-1-2-9-23(20)30)25(32)26(31)29-22-8-3-5-18-6-4-14-28-24(18)22/h1-14,16H,15H2,(H,29,31). The van der Waals surface area contributed by atoms with Crippen LogP contribution in [0, 0.1) is 0 Å². The second-order valence-electron chi connectivity index (χ2n) is 7.48. The zero-order valence-corrected chi connectivity index (χ0v) is 18.5. The molecular weight excluding hydrogens is 438 g/mol. The monoisotopic (exact) mass is 455 g/mol. The largest absolute Gasteiger partial charge is 0.342 e. The molecule has 0 bridgehead atoms. The Morgan fingerprint density at radius 2 is 1.75 bits per heavy atom. The molecule has 0 atom stereocenters. The molecule has 1 amide bonds. The summed E-state index contributed by atoms with van der Waals surface area (Å²) < 4.78 is 2.10. The normalized spacial score (nSPS) is 11.0. The molecule has 3 aromatic carbocycles. The van der Waals surface area contributed by atoms with E-state index in [1.165, 1.54) is 0 Å². The van der Waals surface area contributed by atoms with Crippen LogP contribution in [-0.4, -0.2) is 20.3 Å². The van der Waals surface area contributed by atoms with E-state index in [9.17, 15) is 4.79 Å². The van der Waals surface area contributed by atoms with Crippen LogP contribution in [0.2, 0.25) is 5.02 Å². The van der Waals surface area contributed by atoms with Crippen LogP contribution in [-0.2, 0) is 11.3 Å². The van der Waals surface area contributed by atoms with Gasteiger partial charge in [-0.2, -0.15) is 0 Å². The number of hydrogen-bond acceptors (Lipinski definition) is 3. The molecule has 5 rings (SSSR count). The van der Waals surface area contributed by atoms with E-state index in [1.54, 1.807) is 6.20 Å². The van der Waals surface area contributed by atoms with Gasteiger partial charge in [-0.1, -0.05) is 72.3 Å². The van der Waals surface area contributed by atoms with Crippen LogP contribution in [0.5, 0.6) is 0 Å². The molecule has 6 heteroatoms. The van der Waals surface area contributed by atoms with Gasteiger partial charge in [0, 0.05) is 45.8 Å². The summed E-state index contributed by atoms with van der Waals surface area (Å²) in [6, 6.07) is 25.2. The molecule has 0 saturated heterocycles. The number of fused-ring (bicyclic) bond motifs is 2. The van der Waals surface area contributed by atoms with E-state index in [0.29, 0.717) is 17.3 Å². The molecule has 0 saturated carbocycles. The third-order valence-electron chi connectivity index (χ3n) is 5.39. The van der Waals surface area contributed by atoms with Crippen molar-refractivity contribution in [3.05, 3.63) is 107 Å². The molecule has 0 fully saturated rings. The van der Waals surface area contributed by atoms with Crippen LogP contribution in [0.1, 0.15) is 11.1 Å². The highest BCUT2D eigenvalue weighted by Crippen LogP contribution is 2.25. The van der Waals surface area contributed by atoms with Crippen LogP contribution in [0.4, 0.5) is 5.69 Å². The Balaban J connectivity index is 1.48. The summed E-state index contributed by atoms with van der Waals surface area (Å²) in [5, 5.41) is 5.54. The summed E-state index contributed by atoms with van der Waals surface area (Å²) in [5.41, 5.74) is 4.23. The number of para-hydroxylation sites is 2. The fourth-order valence-electron chi connectivity index (χ4n) is 3.85. The smallest absolute Gasteiger partial charge is 0.267 e. The Bertz CT molecular complexity index is 1470. The number of carbonyl (C=O) groups is 1. The molecule has 5 aromatic rings. The van der Waals surface area contributed by atoms with Crippen molar-refractivity contribution in [1.82, 2.24) is 9.55 Å². The molecule has 0 aliphatic rings. The number of hydrogen-bond donors (Lipinski definition) is 1. The Morgan fingerprint density at radius 3 is 2.59 bits per heavy atom. The average molecular weight is 456 g/mol. The molecule has 1 N–H and O–H groups in total. The number of amides is 1. The summed E-state index contributed by atoms with van der Waals surface area (Å²) in [6.07, 6.45) is 3.66. The molecule has 0 spiro atoms. The third kappa shape index (κ3) is 3.88. The van der Waals surface area contributed by atoms with Crippen LogP contribution >= 0.6 is 23.8 Å². The Labute approximate surface area is 195 Å². The number of rotatable bonds is 5. The lowest BCUT2D eigenvalue weighted by Gasteiger charge is -2.08. The number of nitrogens with zero attached hydrogens (tertiary/aromatic N) is 2.